The number of carbonyl (C=O) groups is 1. The molecule has 1 saturated carbocycles. The minimum absolute atomic E-state index is 0.0794. The summed E-state index contributed by atoms with van der Waals surface area (Å²) in [6, 6.07) is -0.349. The van der Waals surface area contributed by atoms with Crippen molar-refractivity contribution in [3.63, 3.8) is 0 Å². The van der Waals surface area contributed by atoms with Crippen LogP contribution in [-0.4, -0.2) is 47.5 Å². The normalized spacial score (nSPS) is 24.4. The molecule has 1 aliphatic carbocycles. The van der Waals surface area contributed by atoms with Crippen molar-refractivity contribution < 1.29 is 14.5 Å². The highest BCUT2D eigenvalue weighted by Crippen LogP contribution is 2.33. The fraction of sp³-hybridized carbons (Fsp3) is 0.909. The summed E-state index contributed by atoms with van der Waals surface area (Å²) in [5, 5.41) is 1.40. The van der Waals surface area contributed by atoms with E-state index >= 15 is 0 Å². The molecule has 7 heteroatoms. The lowest BCUT2D eigenvalue weighted by Gasteiger charge is -2.27. The van der Waals surface area contributed by atoms with E-state index in [1.54, 1.807) is 7.05 Å². The van der Waals surface area contributed by atoms with Crippen LogP contribution in [0.25, 0.3) is 0 Å². The molecule has 0 radical (unpaired) electrons. The molecule has 0 aromatic rings. The van der Waals surface area contributed by atoms with Gasteiger partial charge in [0.25, 0.3) is 0 Å². The predicted octanol–water partition coefficient (Wildman–Crippen LogP) is 3.05. The Morgan fingerprint density at radius 2 is 1.89 bits per heavy atom. The number of halogens is 1. The molecule has 0 aromatic carbocycles. The van der Waals surface area contributed by atoms with E-state index in [2.05, 4.69) is 0 Å². The maximum Gasteiger partial charge on any atom is 0.378 e. The smallest absolute Gasteiger partial charge is 0.273 e. The average Bonchev–Trinajstić information content (AvgIpc) is 2.59. The first-order valence-corrected chi connectivity index (χ1v) is 7.34. The van der Waals surface area contributed by atoms with E-state index in [0.717, 1.165) is 30.7 Å². The molecule has 5 nitrogen and oxygen atoms in total. The lowest BCUT2D eigenvalue weighted by molar-refractivity contribution is -0.104. The molecule has 0 bridgehead atoms. The van der Waals surface area contributed by atoms with Gasteiger partial charge in [-0.1, -0.05) is 19.3 Å². The van der Waals surface area contributed by atoms with Gasteiger partial charge < -0.3 is 0 Å². The van der Waals surface area contributed by atoms with Gasteiger partial charge in [-0.05, 0) is 24.8 Å². The Kier molecular flexibility index (Phi) is 7.14. The first kappa shape index (κ1) is 15.9. The predicted molar refractivity (Wildman–Crippen MR) is 73.1 cm³/mol. The van der Waals surface area contributed by atoms with Crippen LogP contribution in [0.3, 0.4) is 0 Å². The van der Waals surface area contributed by atoms with Gasteiger partial charge in [0.15, 0.2) is 0 Å². The number of nitrogens with zero attached hydrogens (tertiary/aromatic N) is 2. The standard InChI is InChI=1S/C11H21ClN2O3S/c1-13(16-2)11(15)14(17-3)18-10-8-6-4-5-7-9(10)12/h9-10H,4-8H2,1-3H3. The van der Waals surface area contributed by atoms with Crippen LogP contribution in [0.4, 0.5) is 4.79 Å². The van der Waals surface area contributed by atoms with Crippen molar-refractivity contribution in [2.45, 2.75) is 42.7 Å². The van der Waals surface area contributed by atoms with Crippen molar-refractivity contribution in [3.8, 4) is 0 Å². The minimum Gasteiger partial charge on any atom is -0.273 e. The zero-order valence-electron chi connectivity index (χ0n) is 11.1. The van der Waals surface area contributed by atoms with E-state index in [-0.39, 0.29) is 16.7 Å². The molecule has 0 heterocycles. The second-order valence-corrected chi connectivity index (χ2v) is 5.91. The average molecular weight is 297 g/mol. The van der Waals surface area contributed by atoms with Crippen molar-refractivity contribution in [1.82, 2.24) is 9.53 Å². The van der Waals surface area contributed by atoms with Gasteiger partial charge in [-0.25, -0.2) is 9.86 Å². The summed E-state index contributed by atoms with van der Waals surface area (Å²) in [5.74, 6) is 0. The maximum absolute atomic E-state index is 11.9. The number of alkyl halides is 1. The number of hydrogen-bond donors (Lipinski definition) is 0. The number of rotatable bonds is 4. The molecule has 2 amide bonds. The van der Waals surface area contributed by atoms with Crippen LogP contribution in [0.15, 0.2) is 0 Å². The van der Waals surface area contributed by atoms with Crippen molar-refractivity contribution in [2.75, 3.05) is 21.3 Å². The maximum atomic E-state index is 11.9. The van der Waals surface area contributed by atoms with Crippen LogP contribution in [0.5, 0.6) is 0 Å². The number of carbonyl (C=O) groups excluding carboxylic acids is 1. The summed E-state index contributed by atoms with van der Waals surface area (Å²) >= 11 is 7.69. The van der Waals surface area contributed by atoms with Crippen LogP contribution >= 0.6 is 23.5 Å². The molecular weight excluding hydrogens is 276 g/mol. The molecule has 0 aliphatic heterocycles. The van der Waals surface area contributed by atoms with Gasteiger partial charge in [0, 0.05) is 17.7 Å². The first-order valence-electron chi connectivity index (χ1n) is 6.07. The summed E-state index contributed by atoms with van der Waals surface area (Å²) in [6.07, 6.45) is 5.50. The molecule has 0 N–H and O–H groups in total. The quantitative estimate of drug-likeness (QED) is 0.346. The molecule has 1 aliphatic rings. The van der Waals surface area contributed by atoms with Gasteiger partial charge in [0.05, 0.1) is 14.2 Å². The second-order valence-electron chi connectivity index (χ2n) is 4.20. The van der Waals surface area contributed by atoms with Gasteiger partial charge in [-0.15, -0.1) is 16.1 Å². The SMILES string of the molecule is CON(C)C(=O)N(OC)SC1CCCCCC1Cl. The monoisotopic (exact) mass is 296 g/mol. The Morgan fingerprint density at radius 1 is 1.22 bits per heavy atom. The molecule has 2 atom stereocenters. The molecule has 106 valence electrons. The lowest BCUT2D eigenvalue weighted by Crippen LogP contribution is -2.38. The van der Waals surface area contributed by atoms with Gasteiger partial charge >= 0.3 is 6.03 Å². The fourth-order valence-corrected chi connectivity index (χ4v) is 3.33. The Bertz CT molecular complexity index is 271. The van der Waals surface area contributed by atoms with Crippen LogP contribution in [0, 0.1) is 0 Å². The van der Waals surface area contributed by atoms with Crippen LogP contribution < -0.4 is 0 Å². The highest BCUT2D eigenvalue weighted by molar-refractivity contribution is 7.98. The van der Waals surface area contributed by atoms with Gasteiger partial charge in [-0.2, -0.15) is 0 Å². The number of hydroxylamine groups is 3. The molecule has 1 fully saturated rings. The molecule has 2 unspecified atom stereocenters. The molecule has 1 rings (SSSR count). The number of amides is 2. The Hall–Kier alpha value is -0.170. The number of hydrogen-bond acceptors (Lipinski definition) is 4. The number of urea groups is 1. The topological polar surface area (TPSA) is 42.0 Å². The Balaban J connectivity index is 2.57. The van der Waals surface area contributed by atoms with Crippen molar-refractivity contribution >= 4 is 29.6 Å². The summed E-state index contributed by atoms with van der Waals surface area (Å²) in [7, 11) is 4.45. The van der Waals surface area contributed by atoms with Crippen molar-refractivity contribution in [2.24, 2.45) is 0 Å². The fourth-order valence-electron chi connectivity index (χ4n) is 1.83. The second kappa shape index (κ2) is 8.09. The van der Waals surface area contributed by atoms with Crippen molar-refractivity contribution in [3.05, 3.63) is 0 Å². The van der Waals surface area contributed by atoms with E-state index in [1.807, 2.05) is 0 Å². The third-order valence-corrected chi connectivity index (χ3v) is 4.97. The highest BCUT2D eigenvalue weighted by atomic mass is 35.5. The zero-order valence-corrected chi connectivity index (χ0v) is 12.7. The van der Waals surface area contributed by atoms with Gasteiger partial charge in [-0.3, -0.25) is 9.68 Å². The van der Waals surface area contributed by atoms with E-state index in [9.17, 15) is 4.79 Å². The molecule has 0 spiro atoms. The summed E-state index contributed by atoms with van der Waals surface area (Å²) in [4.78, 5) is 21.9. The molecule has 18 heavy (non-hydrogen) atoms. The lowest BCUT2D eigenvalue weighted by atomic mass is 10.2. The van der Waals surface area contributed by atoms with E-state index in [4.69, 9.17) is 21.3 Å². The zero-order chi connectivity index (χ0) is 13.5. The summed E-state index contributed by atoms with van der Waals surface area (Å²) in [6.45, 7) is 0. The minimum atomic E-state index is -0.349. The Labute approximate surface area is 118 Å². The highest BCUT2D eigenvalue weighted by Gasteiger charge is 2.29. The Morgan fingerprint density at radius 3 is 2.50 bits per heavy atom. The van der Waals surface area contributed by atoms with Crippen LogP contribution in [-0.2, 0) is 9.68 Å². The van der Waals surface area contributed by atoms with E-state index in [0.29, 0.717) is 0 Å². The first-order chi connectivity index (χ1) is 8.60. The van der Waals surface area contributed by atoms with E-state index in [1.165, 1.54) is 37.1 Å². The molecular formula is C11H21ClN2O3S. The van der Waals surface area contributed by atoms with Gasteiger partial charge in [0.1, 0.15) is 0 Å². The summed E-state index contributed by atoms with van der Waals surface area (Å²) in [5.41, 5.74) is 0. The van der Waals surface area contributed by atoms with E-state index < -0.39 is 0 Å². The van der Waals surface area contributed by atoms with Crippen molar-refractivity contribution in [1.29, 1.82) is 0 Å². The van der Waals surface area contributed by atoms with Gasteiger partial charge in [0.2, 0.25) is 0 Å². The third-order valence-electron chi connectivity index (χ3n) is 2.97. The largest absolute Gasteiger partial charge is 0.378 e. The summed E-state index contributed by atoms with van der Waals surface area (Å²) < 4.78 is 1.23. The third kappa shape index (κ3) is 4.50. The van der Waals surface area contributed by atoms with Crippen LogP contribution in [0.1, 0.15) is 32.1 Å². The van der Waals surface area contributed by atoms with Crippen LogP contribution in [0.2, 0.25) is 0 Å². The molecule has 0 aromatic heterocycles. The molecule has 0 saturated heterocycles.